The predicted molar refractivity (Wildman–Crippen MR) is 99.2 cm³/mol. The molecule has 0 spiro atoms. The van der Waals surface area contributed by atoms with Crippen LogP contribution in [0.2, 0.25) is 0 Å². The smallest absolute Gasteiger partial charge is 0.129 e. The van der Waals surface area contributed by atoms with Crippen LogP contribution in [0.25, 0.3) is 0 Å². The number of nitrogens with zero attached hydrogens (tertiary/aromatic N) is 1. The van der Waals surface area contributed by atoms with Gasteiger partial charge < -0.3 is 5.32 Å². The lowest BCUT2D eigenvalue weighted by Crippen LogP contribution is -2.45. The summed E-state index contributed by atoms with van der Waals surface area (Å²) in [5.41, 5.74) is 0.747. The Balaban J connectivity index is 0.00000121. The second-order valence-electron chi connectivity index (χ2n) is 4.84. The minimum absolute atomic E-state index is 0. The lowest BCUT2D eigenvalue weighted by atomic mass is 10.0. The number of rotatable bonds is 3. The molecule has 0 radical (unpaired) electrons. The first-order chi connectivity index (χ1) is 9.77. The fraction of sp³-hybridized carbons (Fsp3) is 0.333. The van der Waals surface area contributed by atoms with Crippen LogP contribution in [0.15, 0.2) is 40.2 Å². The fourth-order valence-electron chi connectivity index (χ4n) is 2.66. The molecule has 3 rings (SSSR count). The summed E-state index contributed by atoms with van der Waals surface area (Å²) in [5.74, 6) is -0.142. The molecule has 0 amide bonds. The van der Waals surface area contributed by atoms with Gasteiger partial charge in [-0.2, -0.15) is 0 Å². The van der Waals surface area contributed by atoms with Crippen LogP contribution in [0.5, 0.6) is 0 Å². The third-order valence-electron chi connectivity index (χ3n) is 3.60. The number of hydrogen-bond acceptors (Lipinski definition) is 3. The molecular formula is C15H18BrCl2FN2S. The summed E-state index contributed by atoms with van der Waals surface area (Å²) >= 11 is 5.21. The van der Waals surface area contributed by atoms with Crippen molar-refractivity contribution < 1.29 is 4.39 Å². The maximum absolute atomic E-state index is 14.4. The highest BCUT2D eigenvalue weighted by Gasteiger charge is 2.28. The lowest BCUT2D eigenvalue weighted by Gasteiger charge is -2.35. The Morgan fingerprint density at radius 2 is 1.86 bits per heavy atom. The molecule has 1 atom stereocenters. The fourth-order valence-corrected chi connectivity index (χ4v) is 4.09. The first kappa shape index (κ1) is 19.9. The van der Waals surface area contributed by atoms with Crippen LogP contribution in [0.4, 0.5) is 4.39 Å². The number of halogens is 4. The predicted octanol–water partition coefficient (Wildman–Crippen LogP) is 4.49. The average molecular weight is 428 g/mol. The Bertz CT molecular complexity index is 557. The van der Waals surface area contributed by atoms with Gasteiger partial charge in [-0.1, -0.05) is 28.1 Å². The summed E-state index contributed by atoms with van der Waals surface area (Å²) in [5, 5.41) is 5.41. The average Bonchev–Trinajstić information content (AvgIpc) is 2.98. The number of thiophene rings is 1. The van der Waals surface area contributed by atoms with Crippen LogP contribution in [-0.4, -0.2) is 31.1 Å². The molecule has 1 aromatic heterocycles. The second-order valence-corrected chi connectivity index (χ2v) is 6.67. The van der Waals surface area contributed by atoms with Crippen molar-refractivity contribution in [1.82, 2.24) is 10.2 Å². The molecule has 0 unspecified atom stereocenters. The molecule has 122 valence electrons. The number of piperazine rings is 1. The minimum Gasteiger partial charge on any atom is -0.314 e. The van der Waals surface area contributed by atoms with Crippen LogP contribution < -0.4 is 5.32 Å². The van der Waals surface area contributed by atoms with Crippen molar-refractivity contribution in [3.63, 3.8) is 0 Å². The Kier molecular flexibility index (Phi) is 8.32. The molecule has 2 heterocycles. The van der Waals surface area contributed by atoms with Gasteiger partial charge in [-0.05, 0) is 23.6 Å². The van der Waals surface area contributed by atoms with Gasteiger partial charge in [-0.3, -0.25) is 4.90 Å². The van der Waals surface area contributed by atoms with Crippen molar-refractivity contribution in [1.29, 1.82) is 0 Å². The SMILES string of the molecule is Cl.Cl.Fc1cccc(Br)c1[C@H](c1cccs1)N1CCNCC1. The monoisotopic (exact) mass is 426 g/mol. The highest BCUT2D eigenvalue weighted by Crippen LogP contribution is 2.37. The lowest BCUT2D eigenvalue weighted by molar-refractivity contribution is 0.197. The Morgan fingerprint density at radius 3 is 2.45 bits per heavy atom. The molecule has 1 aliphatic rings. The van der Waals surface area contributed by atoms with E-state index in [1.54, 1.807) is 23.5 Å². The van der Waals surface area contributed by atoms with Gasteiger partial charge in [0.1, 0.15) is 5.82 Å². The molecule has 0 bridgehead atoms. The molecular weight excluding hydrogens is 410 g/mol. The van der Waals surface area contributed by atoms with Crippen molar-refractivity contribution >= 4 is 52.1 Å². The van der Waals surface area contributed by atoms with Gasteiger partial charge in [-0.15, -0.1) is 36.2 Å². The Labute approximate surface area is 155 Å². The van der Waals surface area contributed by atoms with Gasteiger partial charge in [0.05, 0.1) is 6.04 Å². The zero-order valence-electron chi connectivity index (χ0n) is 11.8. The second kappa shape index (κ2) is 9.21. The zero-order chi connectivity index (χ0) is 13.9. The van der Waals surface area contributed by atoms with Crippen molar-refractivity contribution in [2.75, 3.05) is 26.2 Å². The van der Waals surface area contributed by atoms with E-state index in [-0.39, 0.29) is 36.7 Å². The number of benzene rings is 1. The molecule has 0 saturated carbocycles. The number of nitrogens with one attached hydrogen (secondary N) is 1. The third kappa shape index (κ3) is 4.22. The van der Waals surface area contributed by atoms with Crippen LogP contribution in [0, 0.1) is 5.82 Å². The van der Waals surface area contributed by atoms with E-state index < -0.39 is 0 Å². The summed E-state index contributed by atoms with van der Waals surface area (Å²) in [7, 11) is 0. The molecule has 2 nitrogen and oxygen atoms in total. The van der Waals surface area contributed by atoms with Crippen molar-refractivity contribution in [2.24, 2.45) is 0 Å². The first-order valence-corrected chi connectivity index (χ1v) is 8.36. The van der Waals surface area contributed by atoms with Gasteiger partial charge in [-0.25, -0.2) is 4.39 Å². The molecule has 22 heavy (non-hydrogen) atoms. The molecule has 1 N–H and O–H groups in total. The maximum Gasteiger partial charge on any atom is 0.129 e. The van der Waals surface area contributed by atoms with E-state index in [0.717, 1.165) is 36.2 Å². The third-order valence-corrected chi connectivity index (χ3v) is 5.22. The van der Waals surface area contributed by atoms with Crippen molar-refractivity contribution in [2.45, 2.75) is 6.04 Å². The van der Waals surface area contributed by atoms with E-state index >= 15 is 0 Å². The quantitative estimate of drug-likeness (QED) is 0.776. The number of hydrogen-bond donors (Lipinski definition) is 1. The van der Waals surface area contributed by atoms with Crippen molar-refractivity contribution in [3.8, 4) is 0 Å². The minimum atomic E-state index is -0.142. The van der Waals surface area contributed by atoms with Crippen LogP contribution >= 0.6 is 52.1 Å². The Hall–Kier alpha value is -0.170. The summed E-state index contributed by atoms with van der Waals surface area (Å²) in [6.07, 6.45) is 0. The van der Waals surface area contributed by atoms with Crippen LogP contribution in [0.3, 0.4) is 0 Å². The van der Waals surface area contributed by atoms with Crippen LogP contribution in [0.1, 0.15) is 16.5 Å². The van der Waals surface area contributed by atoms with E-state index in [1.165, 1.54) is 4.88 Å². The van der Waals surface area contributed by atoms with E-state index in [4.69, 9.17) is 0 Å². The molecule has 2 aromatic rings. The molecule has 1 aromatic carbocycles. The largest absolute Gasteiger partial charge is 0.314 e. The van der Waals surface area contributed by atoms with Gasteiger partial charge in [0.25, 0.3) is 0 Å². The molecule has 1 fully saturated rings. The first-order valence-electron chi connectivity index (χ1n) is 6.69. The highest BCUT2D eigenvalue weighted by atomic mass is 79.9. The molecule has 1 aliphatic heterocycles. The summed E-state index contributed by atoms with van der Waals surface area (Å²) in [6, 6.07) is 9.32. The summed E-state index contributed by atoms with van der Waals surface area (Å²) < 4.78 is 15.2. The summed E-state index contributed by atoms with van der Waals surface area (Å²) in [6.45, 7) is 3.77. The maximum atomic E-state index is 14.4. The van der Waals surface area contributed by atoms with E-state index in [9.17, 15) is 4.39 Å². The van der Waals surface area contributed by atoms with Gasteiger partial charge in [0, 0.05) is 41.1 Å². The normalized spacial score (nSPS) is 16.5. The van der Waals surface area contributed by atoms with Gasteiger partial charge in [0.2, 0.25) is 0 Å². The highest BCUT2D eigenvalue weighted by molar-refractivity contribution is 9.10. The standard InChI is InChI=1S/C15H16BrFN2S.2ClH/c16-11-3-1-4-12(17)14(11)15(13-5-2-10-20-13)19-8-6-18-7-9-19;;/h1-5,10,15,18H,6-9H2;2*1H/t15-;;/m0../s1. The van der Waals surface area contributed by atoms with E-state index in [1.807, 2.05) is 12.1 Å². The van der Waals surface area contributed by atoms with Crippen molar-refractivity contribution in [3.05, 3.63) is 56.4 Å². The van der Waals surface area contributed by atoms with E-state index in [2.05, 4.69) is 37.6 Å². The molecule has 0 aliphatic carbocycles. The zero-order valence-corrected chi connectivity index (χ0v) is 15.8. The van der Waals surface area contributed by atoms with Crippen LogP contribution in [-0.2, 0) is 0 Å². The van der Waals surface area contributed by atoms with Gasteiger partial charge >= 0.3 is 0 Å². The Morgan fingerprint density at radius 1 is 1.14 bits per heavy atom. The van der Waals surface area contributed by atoms with Gasteiger partial charge in [0.15, 0.2) is 0 Å². The summed E-state index contributed by atoms with van der Waals surface area (Å²) in [4.78, 5) is 3.54. The molecule has 1 saturated heterocycles. The van der Waals surface area contributed by atoms with E-state index in [0.29, 0.717) is 0 Å². The topological polar surface area (TPSA) is 15.3 Å². The molecule has 7 heteroatoms.